The van der Waals surface area contributed by atoms with Gasteiger partial charge in [-0.1, -0.05) is 6.07 Å². The normalized spacial score (nSPS) is 10.4. The molecule has 0 aromatic heterocycles. The fraction of sp³-hybridized carbons (Fsp3) is 0.500. The van der Waals surface area contributed by atoms with Gasteiger partial charge in [0.15, 0.2) is 0 Å². The van der Waals surface area contributed by atoms with E-state index in [0.717, 1.165) is 24.2 Å². The lowest BCUT2D eigenvalue weighted by Crippen LogP contribution is -2.24. The van der Waals surface area contributed by atoms with Gasteiger partial charge >= 0.3 is 0 Å². The van der Waals surface area contributed by atoms with Gasteiger partial charge in [-0.2, -0.15) is 0 Å². The van der Waals surface area contributed by atoms with E-state index in [-0.39, 0.29) is 5.91 Å². The second kappa shape index (κ2) is 5.71. The summed E-state index contributed by atoms with van der Waals surface area (Å²) in [4.78, 5) is 13.4. The van der Waals surface area contributed by atoms with Crippen LogP contribution in [-0.2, 0) is 11.2 Å². The molecule has 0 aliphatic heterocycles. The van der Waals surface area contributed by atoms with Crippen LogP contribution in [0.4, 0.5) is 5.69 Å². The Labute approximate surface area is 104 Å². The van der Waals surface area contributed by atoms with Crippen LogP contribution in [0, 0.1) is 13.8 Å². The number of primary amides is 1. The Morgan fingerprint density at radius 3 is 2.29 bits per heavy atom. The Balaban J connectivity index is 3.22. The van der Waals surface area contributed by atoms with Crippen molar-refractivity contribution in [3.8, 4) is 0 Å². The highest BCUT2D eigenvalue weighted by atomic mass is 16.1. The fourth-order valence-corrected chi connectivity index (χ4v) is 2.23. The maximum absolute atomic E-state index is 11.1. The second-order valence-corrected chi connectivity index (χ2v) is 4.32. The van der Waals surface area contributed by atoms with Crippen LogP contribution < -0.4 is 10.6 Å². The fourth-order valence-electron chi connectivity index (χ4n) is 2.23. The zero-order valence-corrected chi connectivity index (χ0v) is 11.2. The predicted octanol–water partition coefficient (Wildman–Crippen LogP) is 2.18. The van der Waals surface area contributed by atoms with Crippen LogP contribution in [0.1, 0.15) is 30.5 Å². The molecular weight excluding hydrogens is 212 g/mol. The number of nitrogens with zero attached hydrogens (tertiary/aromatic N) is 1. The van der Waals surface area contributed by atoms with Crippen molar-refractivity contribution in [1.82, 2.24) is 0 Å². The first kappa shape index (κ1) is 13.6. The van der Waals surface area contributed by atoms with Crippen molar-refractivity contribution < 1.29 is 4.79 Å². The molecule has 0 saturated heterocycles. The van der Waals surface area contributed by atoms with Crippen molar-refractivity contribution in [1.29, 1.82) is 0 Å². The van der Waals surface area contributed by atoms with E-state index < -0.39 is 0 Å². The molecule has 0 bridgehead atoms. The van der Waals surface area contributed by atoms with Gasteiger partial charge in [0.05, 0.1) is 6.42 Å². The topological polar surface area (TPSA) is 46.3 Å². The lowest BCUT2D eigenvalue weighted by atomic mass is 9.97. The molecule has 1 aromatic carbocycles. The van der Waals surface area contributed by atoms with Crippen LogP contribution in [0.5, 0.6) is 0 Å². The van der Waals surface area contributed by atoms with E-state index in [2.05, 4.69) is 37.8 Å². The molecule has 1 amide bonds. The molecule has 1 aromatic rings. The minimum absolute atomic E-state index is 0.270. The first-order valence-corrected chi connectivity index (χ1v) is 6.13. The third-order valence-electron chi connectivity index (χ3n) is 3.26. The van der Waals surface area contributed by atoms with Gasteiger partial charge in [-0.15, -0.1) is 0 Å². The van der Waals surface area contributed by atoms with Crippen LogP contribution in [0.3, 0.4) is 0 Å². The van der Waals surface area contributed by atoms with Gasteiger partial charge in [0.25, 0.3) is 0 Å². The number of nitrogens with two attached hydrogens (primary N) is 1. The van der Waals surface area contributed by atoms with Gasteiger partial charge in [0, 0.05) is 18.8 Å². The van der Waals surface area contributed by atoms with Gasteiger partial charge in [0.1, 0.15) is 0 Å². The van der Waals surface area contributed by atoms with Gasteiger partial charge in [-0.05, 0) is 50.5 Å². The number of hydrogen-bond donors (Lipinski definition) is 1. The molecule has 0 heterocycles. The Morgan fingerprint density at radius 2 is 1.82 bits per heavy atom. The Morgan fingerprint density at radius 1 is 1.24 bits per heavy atom. The second-order valence-electron chi connectivity index (χ2n) is 4.32. The van der Waals surface area contributed by atoms with E-state index in [1.165, 1.54) is 11.3 Å². The van der Waals surface area contributed by atoms with Crippen LogP contribution >= 0.6 is 0 Å². The SMILES string of the molecule is CCN(CC)c1ccc(C)c(CC(N)=O)c1C. The average molecular weight is 234 g/mol. The molecule has 3 heteroatoms. The number of rotatable bonds is 5. The van der Waals surface area contributed by atoms with Crippen LogP contribution in [0.25, 0.3) is 0 Å². The summed E-state index contributed by atoms with van der Waals surface area (Å²) in [5.74, 6) is -0.270. The summed E-state index contributed by atoms with van der Waals surface area (Å²) in [7, 11) is 0. The highest BCUT2D eigenvalue weighted by Crippen LogP contribution is 2.26. The number of aryl methyl sites for hydroxylation is 1. The Hall–Kier alpha value is -1.51. The molecule has 3 nitrogen and oxygen atoms in total. The highest BCUT2D eigenvalue weighted by Gasteiger charge is 2.12. The quantitative estimate of drug-likeness (QED) is 0.848. The zero-order chi connectivity index (χ0) is 13.0. The Bertz CT molecular complexity index is 409. The molecular formula is C14H22N2O. The monoisotopic (exact) mass is 234 g/mol. The summed E-state index contributed by atoms with van der Waals surface area (Å²) >= 11 is 0. The van der Waals surface area contributed by atoms with Gasteiger partial charge < -0.3 is 10.6 Å². The molecule has 1 rings (SSSR count). The lowest BCUT2D eigenvalue weighted by molar-refractivity contribution is -0.117. The molecule has 0 fully saturated rings. The summed E-state index contributed by atoms with van der Waals surface area (Å²) in [6, 6.07) is 4.20. The minimum atomic E-state index is -0.270. The van der Waals surface area contributed by atoms with E-state index in [0.29, 0.717) is 6.42 Å². The molecule has 17 heavy (non-hydrogen) atoms. The van der Waals surface area contributed by atoms with Crippen molar-refractivity contribution in [2.24, 2.45) is 5.73 Å². The molecule has 0 aliphatic rings. The van der Waals surface area contributed by atoms with E-state index in [4.69, 9.17) is 5.73 Å². The van der Waals surface area contributed by atoms with Crippen molar-refractivity contribution in [2.75, 3.05) is 18.0 Å². The Kier molecular flexibility index (Phi) is 4.55. The molecule has 0 atom stereocenters. The number of anilines is 1. The van der Waals surface area contributed by atoms with Gasteiger partial charge in [-0.3, -0.25) is 4.79 Å². The molecule has 0 unspecified atom stereocenters. The highest BCUT2D eigenvalue weighted by molar-refractivity contribution is 5.78. The first-order chi connectivity index (χ1) is 8.01. The van der Waals surface area contributed by atoms with Crippen molar-refractivity contribution in [3.63, 3.8) is 0 Å². The average Bonchev–Trinajstić information content (AvgIpc) is 2.28. The van der Waals surface area contributed by atoms with E-state index in [1.54, 1.807) is 0 Å². The number of carbonyl (C=O) groups is 1. The standard InChI is InChI=1S/C14H22N2O/c1-5-16(6-2)13-8-7-10(3)12(11(13)4)9-14(15)17/h7-8H,5-6,9H2,1-4H3,(H2,15,17). The van der Waals surface area contributed by atoms with Crippen LogP contribution in [-0.4, -0.2) is 19.0 Å². The number of benzene rings is 1. The molecule has 0 saturated carbocycles. The van der Waals surface area contributed by atoms with Crippen LogP contribution in [0.15, 0.2) is 12.1 Å². The molecule has 0 spiro atoms. The van der Waals surface area contributed by atoms with Crippen molar-refractivity contribution in [2.45, 2.75) is 34.1 Å². The third kappa shape index (κ3) is 2.99. The largest absolute Gasteiger partial charge is 0.372 e. The smallest absolute Gasteiger partial charge is 0.221 e. The van der Waals surface area contributed by atoms with E-state index >= 15 is 0 Å². The maximum Gasteiger partial charge on any atom is 0.221 e. The maximum atomic E-state index is 11.1. The number of carbonyl (C=O) groups excluding carboxylic acids is 1. The number of amides is 1. The summed E-state index contributed by atoms with van der Waals surface area (Å²) in [5, 5.41) is 0. The molecule has 0 radical (unpaired) electrons. The van der Waals surface area contributed by atoms with Crippen molar-refractivity contribution >= 4 is 11.6 Å². The minimum Gasteiger partial charge on any atom is -0.372 e. The zero-order valence-electron chi connectivity index (χ0n) is 11.2. The van der Waals surface area contributed by atoms with Crippen LogP contribution in [0.2, 0.25) is 0 Å². The number of hydrogen-bond acceptors (Lipinski definition) is 2. The predicted molar refractivity (Wildman–Crippen MR) is 72.4 cm³/mol. The summed E-state index contributed by atoms with van der Waals surface area (Å²) < 4.78 is 0. The molecule has 2 N–H and O–H groups in total. The van der Waals surface area contributed by atoms with Gasteiger partial charge in [0.2, 0.25) is 5.91 Å². The summed E-state index contributed by atoms with van der Waals surface area (Å²) in [5.41, 5.74) is 9.89. The van der Waals surface area contributed by atoms with E-state index in [1.807, 2.05) is 6.92 Å². The van der Waals surface area contributed by atoms with Crippen molar-refractivity contribution in [3.05, 3.63) is 28.8 Å². The summed E-state index contributed by atoms with van der Waals surface area (Å²) in [6.45, 7) is 10.3. The van der Waals surface area contributed by atoms with E-state index in [9.17, 15) is 4.79 Å². The molecule has 0 aliphatic carbocycles. The van der Waals surface area contributed by atoms with Gasteiger partial charge in [-0.25, -0.2) is 0 Å². The third-order valence-corrected chi connectivity index (χ3v) is 3.26. The molecule has 94 valence electrons. The lowest BCUT2D eigenvalue weighted by Gasteiger charge is -2.25. The first-order valence-electron chi connectivity index (χ1n) is 6.13. The summed E-state index contributed by atoms with van der Waals surface area (Å²) in [6.07, 6.45) is 0.326.